The SMILES string of the molecule is CSC1OC(C(=O)O)=CC(O)C1O. The molecule has 1 aliphatic heterocycles. The first-order valence-electron chi connectivity index (χ1n) is 3.57. The van der Waals surface area contributed by atoms with Crippen LogP contribution in [0.25, 0.3) is 0 Å². The Bertz CT molecular complexity index is 239. The topological polar surface area (TPSA) is 87.0 Å². The van der Waals surface area contributed by atoms with Crippen LogP contribution < -0.4 is 0 Å². The number of hydrogen-bond donors (Lipinski definition) is 3. The van der Waals surface area contributed by atoms with E-state index in [9.17, 15) is 15.0 Å². The van der Waals surface area contributed by atoms with Gasteiger partial charge < -0.3 is 20.1 Å². The lowest BCUT2D eigenvalue weighted by molar-refractivity contribution is -0.139. The molecule has 3 N–H and O–H groups in total. The zero-order valence-electron chi connectivity index (χ0n) is 6.88. The Labute approximate surface area is 79.0 Å². The highest BCUT2D eigenvalue weighted by molar-refractivity contribution is 7.99. The highest BCUT2D eigenvalue weighted by Gasteiger charge is 2.33. The quantitative estimate of drug-likeness (QED) is 0.559. The van der Waals surface area contributed by atoms with Gasteiger partial charge in [-0.2, -0.15) is 0 Å². The fourth-order valence-corrected chi connectivity index (χ4v) is 1.60. The second-order valence-corrected chi connectivity index (χ2v) is 3.48. The van der Waals surface area contributed by atoms with E-state index < -0.39 is 23.6 Å². The maximum atomic E-state index is 10.5. The second kappa shape index (κ2) is 3.99. The number of carboxylic acids is 1. The van der Waals surface area contributed by atoms with Gasteiger partial charge in [0.2, 0.25) is 5.76 Å². The van der Waals surface area contributed by atoms with Gasteiger partial charge >= 0.3 is 5.97 Å². The minimum absolute atomic E-state index is 0.322. The van der Waals surface area contributed by atoms with Crippen LogP contribution in [-0.4, -0.2) is 45.2 Å². The third kappa shape index (κ3) is 2.15. The minimum Gasteiger partial charge on any atom is -0.475 e. The lowest BCUT2D eigenvalue weighted by atomic mass is 10.1. The largest absolute Gasteiger partial charge is 0.475 e. The van der Waals surface area contributed by atoms with Crippen LogP contribution in [0.15, 0.2) is 11.8 Å². The number of aliphatic hydroxyl groups is 2. The molecule has 0 aromatic heterocycles. The number of thioether (sulfide) groups is 1. The molecule has 3 unspecified atom stereocenters. The summed E-state index contributed by atoms with van der Waals surface area (Å²) in [5.41, 5.74) is -0.730. The van der Waals surface area contributed by atoms with Crippen LogP contribution in [0.2, 0.25) is 0 Å². The molecule has 5 nitrogen and oxygen atoms in total. The van der Waals surface area contributed by atoms with E-state index in [1.54, 1.807) is 6.26 Å². The molecule has 0 saturated heterocycles. The van der Waals surface area contributed by atoms with E-state index in [4.69, 9.17) is 9.84 Å². The van der Waals surface area contributed by atoms with Gasteiger partial charge in [0.05, 0.1) is 0 Å². The molecular formula is C7H10O5S. The monoisotopic (exact) mass is 206 g/mol. The molecule has 3 atom stereocenters. The molecule has 0 aliphatic carbocycles. The van der Waals surface area contributed by atoms with Gasteiger partial charge in [0.25, 0.3) is 0 Å². The number of aliphatic hydroxyl groups excluding tert-OH is 2. The van der Waals surface area contributed by atoms with Crippen molar-refractivity contribution in [3.8, 4) is 0 Å². The van der Waals surface area contributed by atoms with Crippen LogP contribution in [0.4, 0.5) is 0 Å². The number of rotatable bonds is 2. The Hall–Kier alpha value is -0.720. The Balaban J connectivity index is 2.81. The zero-order chi connectivity index (χ0) is 10.0. The van der Waals surface area contributed by atoms with Gasteiger partial charge in [-0.15, -0.1) is 11.8 Å². The van der Waals surface area contributed by atoms with Crippen LogP contribution >= 0.6 is 11.8 Å². The van der Waals surface area contributed by atoms with Crippen LogP contribution in [0.3, 0.4) is 0 Å². The summed E-state index contributed by atoms with van der Waals surface area (Å²) in [6, 6.07) is 0. The summed E-state index contributed by atoms with van der Waals surface area (Å²) in [5.74, 6) is -1.57. The molecule has 13 heavy (non-hydrogen) atoms. The van der Waals surface area contributed by atoms with Crippen LogP contribution in [0, 0.1) is 0 Å². The number of hydrogen-bond acceptors (Lipinski definition) is 5. The average molecular weight is 206 g/mol. The summed E-state index contributed by atoms with van der Waals surface area (Å²) in [5, 5.41) is 27.1. The molecule has 74 valence electrons. The van der Waals surface area contributed by atoms with E-state index in [1.165, 1.54) is 0 Å². The molecule has 0 spiro atoms. The summed E-state index contributed by atoms with van der Waals surface area (Å²) in [6.07, 6.45) is 0.376. The van der Waals surface area contributed by atoms with Gasteiger partial charge in [0, 0.05) is 0 Å². The predicted molar refractivity (Wildman–Crippen MR) is 46.1 cm³/mol. The summed E-state index contributed by atoms with van der Waals surface area (Å²) < 4.78 is 4.89. The summed E-state index contributed by atoms with van der Waals surface area (Å²) in [4.78, 5) is 10.5. The maximum Gasteiger partial charge on any atom is 0.370 e. The fraction of sp³-hybridized carbons (Fsp3) is 0.571. The van der Waals surface area contributed by atoms with E-state index in [2.05, 4.69) is 0 Å². The number of aliphatic carboxylic acids is 1. The molecule has 0 aromatic rings. The average Bonchev–Trinajstić information content (AvgIpc) is 2.09. The number of carbonyl (C=O) groups is 1. The van der Waals surface area contributed by atoms with Gasteiger partial charge in [-0.3, -0.25) is 0 Å². The normalized spacial score (nSPS) is 33.5. The lowest BCUT2D eigenvalue weighted by Gasteiger charge is -2.29. The van der Waals surface area contributed by atoms with Crippen molar-refractivity contribution < 1.29 is 24.9 Å². The zero-order valence-corrected chi connectivity index (χ0v) is 7.69. The first kappa shape index (κ1) is 10.4. The van der Waals surface area contributed by atoms with Crippen molar-refractivity contribution in [2.45, 2.75) is 17.6 Å². The highest BCUT2D eigenvalue weighted by atomic mass is 32.2. The smallest absolute Gasteiger partial charge is 0.370 e. The van der Waals surface area contributed by atoms with Gasteiger partial charge in [-0.1, -0.05) is 0 Å². The summed E-state index contributed by atoms with van der Waals surface area (Å²) >= 11 is 1.14. The number of ether oxygens (including phenoxy) is 1. The third-order valence-electron chi connectivity index (χ3n) is 1.64. The molecule has 0 bridgehead atoms. The molecular weight excluding hydrogens is 196 g/mol. The molecule has 0 fully saturated rings. The van der Waals surface area contributed by atoms with E-state index in [1.807, 2.05) is 0 Å². The molecule has 0 saturated carbocycles. The predicted octanol–water partition coefficient (Wildman–Crippen LogP) is -0.604. The Morgan fingerprint density at radius 2 is 2.23 bits per heavy atom. The molecule has 0 aromatic carbocycles. The summed E-state index contributed by atoms with van der Waals surface area (Å²) in [7, 11) is 0. The lowest BCUT2D eigenvalue weighted by Crippen LogP contribution is -2.40. The van der Waals surface area contributed by atoms with Crippen molar-refractivity contribution in [2.75, 3.05) is 6.26 Å². The Morgan fingerprint density at radius 1 is 1.62 bits per heavy atom. The van der Waals surface area contributed by atoms with Gasteiger partial charge in [-0.05, 0) is 12.3 Å². The molecule has 1 aliphatic rings. The summed E-state index contributed by atoms with van der Waals surface area (Å²) in [6.45, 7) is 0. The molecule has 0 radical (unpaired) electrons. The molecule has 1 rings (SSSR count). The Morgan fingerprint density at radius 3 is 2.69 bits per heavy atom. The first-order valence-corrected chi connectivity index (χ1v) is 4.85. The molecule has 6 heteroatoms. The Kier molecular flexibility index (Phi) is 3.18. The second-order valence-electron chi connectivity index (χ2n) is 2.54. The fourth-order valence-electron chi connectivity index (χ4n) is 0.958. The van der Waals surface area contributed by atoms with Crippen molar-refractivity contribution >= 4 is 17.7 Å². The van der Waals surface area contributed by atoms with E-state index in [-0.39, 0.29) is 5.76 Å². The van der Waals surface area contributed by atoms with E-state index >= 15 is 0 Å². The van der Waals surface area contributed by atoms with Crippen molar-refractivity contribution in [1.82, 2.24) is 0 Å². The van der Waals surface area contributed by atoms with Crippen molar-refractivity contribution in [1.29, 1.82) is 0 Å². The standard InChI is InChI=1S/C7H10O5S/c1-13-7-5(9)3(8)2-4(12-7)6(10)11/h2-3,5,7-9H,1H3,(H,10,11). The third-order valence-corrected chi connectivity index (χ3v) is 2.48. The van der Waals surface area contributed by atoms with Gasteiger partial charge in [0.1, 0.15) is 12.2 Å². The van der Waals surface area contributed by atoms with Crippen molar-refractivity contribution in [2.24, 2.45) is 0 Å². The van der Waals surface area contributed by atoms with Crippen LogP contribution in [0.5, 0.6) is 0 Å². The first-order chi connectivity index (χ1) is 6.06. The van der Waals surface area contributed by atoms with Crippen LogP contribution in [-0.2, 0) is 9.53 Å². The van der Waals surface area contributed by atoms with Crippen molar-refractivity contribution in [3.05, 3.63) is 11.8 Å². The van der Waals surface area contributed by atoms with Gasteiger partial charge in [0.15, 0.2) is 5.44 Å². The maximum absolute atomic E-state index is 10.5. The van der Waals surface area contributed by atoms with E-state index in [0.717, 1.165) is 17.8 Å². The number of carboxylic acid groups (broad SMARTS) is 1. The van der Waals surface area contributed by atoms with Crippen molar-refractivity contribution in [3.63, 3.8) is 0 Å². The molecule has 1 heterocycles. The van der Waals surface area contributed by atoms with E-state index in [0.29, 0.717) is 0 Å². The van der Waals surface area contributed by atoms with Gasteiger partial charge in [-0.25, -0.2) is 4.79 Å². The van der Waals surface area contributed by atoms with Crippen LogP contribution in [0.1, 0.15) is 0 Å². The molecule has 0 amide bonds. The minimum atomic E-state index is -1.25. The highest BCUT2D eigenvalue weighted by Crippen LogP contribution is 2.24.